The summed E-state index contributed by atoms with van der Waals surface area (Å²) >= 11 is 0. The first kappa shape index (κ1) is 11.1. The lowest BCUT2D eigenvalue weighted by molar-refractivity contribution is -0.154. The van der Waals surface area contributed by atoms with Crippen LogP contribution in [-0.4, -0.2) is 6.54 Å². The largest absolute Gasteiger partial charge is 0.456 e. The van der Waals surface area contributed by atoms with Gasteiger partial charge < -0.3 is 15.9 Å². The van der Waals surface area contributed by atoms with Gasteiger partial charge in [0.15, 0.2) is 0 Å². The molecule has 1 unspecified atom stereocenters. The van der Waals surface area contributed by atoms with Crippen molar-refractivity contribution in [3.63, 3.8) is 0 Å². The maximum Gasteiger partial charge on any atom is 0.449 e. The number of hydrogen-bond acceptors (Lipinski definition) is 3. The Morgan fingerprint density at radius 3 is 2.50 bits per heavy atom. The lowest BCUT2D eigenvalue weighted by atomic mass is 10.1. The van der Waals surface area contributed by atoms with Gasteiger partial charge >= 0.3 is 6.18 Å². The van der Waals surface area contributed by atoms with E-state index in [2.05, 4.69) is 4.42 Å². The molecule has 1 aromatic heterocycles. The number of furan rings is 1. The molecule has 0 aliphatic carbocycles. The van der Waals surface area contributed by atoms with Gasteiger partial charge in [-0.25, -0.2) is 0 Å². The van der Waals surface area contributed by atoms with Crippen molar-refractivity contribution in [1.82, 2.24) is 0 Å². The molecule has 0 spiro atoms. The average Bonchev–Trinajstić information content (AvgIpc) is 2.45. The van der Waals surface area contributed by atoms with Gasteiger partial charge in [-0.1, -0.05) is 0 Å². The summed E-state index contributed by atoms with van der Waals surface area (Å²) in [7, 11) is 0. The molecular formula is C8H11F3N2O. The van der Waals surface area contributed by atoms with Crippen LogP contribution >= 0.6 is 0 Å². The van der Waals surface area contributed by atoms with Gasteiger partial charge in [-0.2, -0.15) is 13.2 Å². The van der Waals surface area contributed by atoms with Crippen LogP contribution < -0.4 is 11.5 Å². The minimum atomic E-state index is -4.52. The fourth-order valence-corrected chi connectivity index (χ4v) is 1.16. The molecule has 0 bridgehead atoms. The maximum atomic E-state index is 12.4. The van der Waals surface area contributed by atoms with Crippen molar-refractivity contribution >= 4 is 0 Å². The summed E-state index contributed by atoms with van der Waals surface area (Å²) in [6.07, 6.45) is -4.52. The van der Waals surface area contributed by atoms with Crippen LogP contribution in [0, 0.1) is 6.92 Å². The van der Waals surface area contributed by atoms with E-state index in [9.17, 15) is 13.2 Å². The zero-order valence-corrected chi connectivity index (χ0v) is 7.56. The van der Waals surface area contributed by atoms with E-state index >= 15 is 0 Å². The Morgan fingerprint density at radius 2 is 2.07 bits per heavy atom. The zero-order valence-electron chi connectivity index (χ0n) is 7.56. The second-order valence-electron chi connectivity index (χ2n) is 2.98. The molecule has 0 aliphatic heterocycles. The third-order valence-electron chi connectivity index (χ3n) is 1.79. The van der Waals surface area contributed by atoms with E-state index in [4.69, 9.17) is 11.5 Å². The molecule has 1 heterocycles. The van der Waals surface area contributed by atoms with Gasteiger partial charge in [0.05, 0.1) is 0 Å². The van der Waals surface area contributed by atoms with Gasteiger partial charge in [-0.05, 0) is 13.0 Å². The van der Waals surface area contributed by atoms with Crippen LogP contribution in [0.4, 0.5) is 13.2 Å². The second-order valence-corrected chi connectivity index (χ2v) is 2.98. The standard InChI is InChI=1S/C8H11F3N2O/c1-4-2-5(6(13)3-12)7(14-4)8(9,10)11/h2,6H,3,12-13H2,1H3. The topological polar surface area (TPSA) is 65.2 Å². The van der Waals surface area contributed by atoms with Crippen molar-refractivity contribution in [2.24, 2.45) is 11.5 Å². The van der Waals surface area contributed by atoms with Crippen LogP contribution in [0.5, 0.6) is 0 Å². The first-order chi connectivity index (χ1) is 6.36. The van der Waals surface area contributed by atoms with Crippen LogP contribution in [0.3, 0.4) is 0 Å². The molecule has 1 aromatic rings. The highest BCUT2D eigenvalue weighted by atomic mass is 19.4. The average molecular weight is 208 g/mol. The Labute approximate surface area is 78.9 Å². The molecule has 0 aliphatic rings. The lowest BCUT2D eigenvalue weighted by Crippen LogP contribution is -2.23. The van der Waals surface area contributed by atoms with Gasteiger partial charge in [-0.15, -0.1) is 0 Å². The van der Waals surface area contributed by atoms with Crippen LogP contribution in [0.2, 0.25) is 0 Å². The molecule has 1 atom stereocenters. The first-order valence-electron chi connectivity index (χ1n) is 3.99. The molecule has 0 saturated carbocycles. The van der Waals surface area contributed by atoms with Gasteiger partial charge in [0.2, 0.25) is 5.76 Å². The highest BCUT2D eigenvalue weighted by Gasteiger charge is 2.39. The number of hydrogen-bond donors (Lipinski definition) is 2. The van der Waals surface area contributed by atoms with Crippen molar-refractivity contribution in [1.29, 1.82) is 0 Å². The lowest BCUT2D eigenvalue weighted by Gasteiger charge is -2.10. The molecule has 4 N–H and O–H groups in total. The first-order valence-corrected chi connectivity index (χ1v) is 3.99. The predicted molar refractivity (Wildman–Crippen MR) is 44.4 cm³/mol. The third-order valence-corrected chi connectivity index (χ3v) is 1.79. The molecule has 0 aromatic carbocycles. The number of nitrogens with two attached hydrogens (primary N) is 2. The van der Waals surface area contributed by atoms with E-state index in [0.29, 0.717) is 0 Å². The summed E-state index contributed by atoms with van der Waals surface area (Å²) in [6, 6.07) is 0.421. The normalized spacial score (nSPS) is 14.4. The molecule has 80 valence electrons. The Bertz CT molecular complexity index is 319. The summed E-state index contributed by atoms with van der Waals surface area (Å²) in [5, 5.41) is 0. The highest BCUT2D eigenvalue weighted by molar-refractivity contribution is 5.27. The molecule has 14 heavy (non-hydrogen) atoms. The summed E-state index contributed by atoms with van der Waals surface area (Å²) < 4.78 is 41.6. The minimum Gasteiger partial charge on any atom is -0.456 e. The fourth-order valence-electron chi connectivity index (χ4n) is 1.16. The summed E-state index contributed by atoms with van der Waals surface area (Å²) in [5.41, 5.74) is 10.5. The third kappa shape index (κ3) is 2.08. The van der Waals surface area contributed by atoms with Gasteiger partial charge in [0.25, 0.3) is 0 Å². The number of rotatable bonds is 2. The van der Waals surface area contributed by atoms with Crippen LogP contribution in [0.25, 0.3) is 0 Å². The Morgan fingerprint density at radius 1 is 1.50 bits per heavy atom. The molecule has 3 nitrogen and oxygen atoms in total. The Kier molecular flexibility index (Phi) is 2.86. The smallest absolute Gasteiger partial charge is 0.449 e. The maximum absolute atomic E-state index is 12.4. The van der Waals surface area contributed by atoms with Crippen molar-refractivity contribution in [2.75, 3.05) is 6.54 Å². The van der Waals surface area contributed by atoms with Gasteiger partial charge in [-0.3, -0.25) is 0 Å². The Hall–Kier alpha value is -1.01. The van der Waals surface area contributed by atoms with E-state index < -0.39 is 18.0 Å². The van der Waals surface area contributed by atoms with Crippen molar-refractivity contribution in [2.45, 2.75) is 19.1 Å². The number of aryl methyl sites for hydroxylation is 1. The SMILES string of the molecule is Cc1cc(C(N)CN)c(C(F)(F)F)o1. The second kappa shape index (κ2) is 3.62. The monoisotopic (exact) mass is 208 g/mol. The van der Waals surface area contributed by atoms with Crippen LogP contribution in [-0.2, 0) is 6.18 Å². The van der Waals surface area contributed by atoms with E-state index in [1.807, 2.05) is 0 Å². The summed E-state index contributed by atoms with van der Waals surface area (Å²) in [6.45, 7) is 1.38. The van der Waals surface area contributed by atoms with Crippen molar-refractivity contribution in [3.8, 4) is 0 Å². The van der Waals surface area contributed by atoms with Gasteiger partial charge in [0.1, 0.15) is 5.76 Å². The van der Waals surface area contributed by atoms with Gasteiger partial charge in [0, 0.05) is 18.2 Å². The van der Waals surface area contributed by atoms with E-state index in [0.717, 1.165) is 0 Å². The Balaban J connectivity index is 3.16. The number of halogens is 3. The number of alkyl halides is 3. The highest BCUT2D eigenvalue weighted by Crippen LogP contribution is 2.35. The molecule has 0 fully saturated rings. The van der Waals surface area contributed by atoms with Crippen LogP contribution in [0.1, 0.15) is 23.1 Å². The van der Waals surface area contributed by atoms with Crippen LogP contribution in [0.15, 0.2) is 10.5 Å². The van der Waals surface area contributed by atoms with Crippen molar-refractivity contribution in [3.05, 3.63) is 23.2 Å². The summed E-state index contributed by atoms with van der Waals surface area (Å²) in [5.74, 6) is -0.871. The molecule has 1 rings (SSSR count). The fraction of sp³-hybridized carbons (Fsp3) is 0.500. The van der Waals surface area contributed by atoms with Crippen molar-refractivity contribution < 1.29 is 17.6 Å². The zero-order chi connectivity index (χ0) is 10.9. The van der Waals surface area contributed by atoms with E-state index in [1.165, 1.54) is 13.0 Å². The van der Waals surface area contributed by atoms with E-state index in [1.54, 1.807) is 0 Å². The quantitative estimate of drug-likeness (QED) is 0.775. The van der Waals surface area contributed by atoms with E-state index in [-0.39, 0.29) is 17.9 Å². The predicted octanol–water partition coefficient (Wildman–Crippen LogP) is 1.57. The summed E-state index contributed by atoms with van der Waals surface area (Å²) in [4.78, 5) is 0. The molecule has 6 heteroatoms. The molecule has 0 amide bonds. The molecule has 0 saturated heterocycles. The molecular weight excluding hydrogens is 197 g/mol. The molecule has 0 radical (unpaired) electrons. The minimum absolute atomic E-state index is 0.0535.